The summed E-state index contributed by atoms with van der Waals surface area (Å²) in [6.07, 6.45) is 7.51. The van der Waals surface area contributed by atoms with Gasteiger partial charge in [0.25, 0.3) is 17.6 Å². The van der Waals surface area contributed by atoms with Crippen LogP contribution in [-0.2, 0) is 62.1 Å². The summed E-state index contributed by atoms with van der Waals surface area (Å²) < 4.78 is 12.4. The van der Waals surface area contributed by atoms with Crippen LogP contribution in [0.2, 0.25) is 0 Å². The van der Waals surface area contributed by atoms with Gasteiger partial charge in [0.1, 0.15) is 46.7 Å². The van der Waals surface area contributed by atoms with E-state index in [0.29, 0.717) is 65.7 Å². The lowest BCUT2D eigenvalue weighted by Crippen LogP contribution is -2.43. The summed E-state index contributed by atoms with van der Waals surface area (Å²) >= 11 is 0. The highest BCUT2D eigenvalue weighted by Crippen LogP contribution is 2.57. The topological polar surface area (TPSA) is 204 Å². The molecule has 6 aliphatic rings. The second kappa shape index (κ2) is 35.1. The normalized spacial score (nSPS) is 18.8. The Balaban J connectivity index is 0.000000153. The fraction of sp³-hybridized carbons (Fsp3) is 0.200. The highest BCUT2D eigenvalue weighted by Gasteiger charge is 2.57. The van der Waals surface area contributed by atoms with E-state index in [2.05, 4.69) is 146 Å². The number of carbonyl (C=O) groups excluding carboxylic acids is 6. The predicted octanol–water partition coefficient (Wildman–Crippen LogP) is 20.2. The zero-order valence-electron chi connectivity index (χ0n) is 69.0. The molecule has 121 heavy (non-hydrogen) atoms. The van der Waals surface area contributed by atoms with Crippen molar-refractivity contribution < 1.29 is 49.9 Å². The molecule has 0 aliphatic carbocycles. The highest BCUT2D eigenvalue weighted by atomic mass is 16.5. The van der Waals surface area contributed by atoms with Crippen LogP contribution in [0.15, 0.2) is 335 Å². The summed E-state index contributed by atoms with van der Waals surface area (Å²) in [7, 11) is 0. The number of aromatic hydroxyl groups is 1. The molecule has 0 fully saturated rings. The van der Waals surface area contributed by atoms with Gasteiger partial charge in [-0.2, -0.15) is 0 Å². The second-order valence-electron chi connectivity index (χ2n) is 33.2. The van der Waals surface area contributed by atoms with Gasteiger partial charge in [0, 0.05) is 84.6 Å². The van der Waals surface area contributed by atoms with Crippen LogP contribution < -0.4 is 35.2 Å². The van der Waals surface area contributed by atoms with E-state index in [9.17, 15) is 39.0 Å². The molecule has 0 saturated carbocycles. The molecule has 0 aromatic heterocycles. The van der Waals surface area contributed by atoms with E-state index in [0.717, 1.165) is 78.4 Å². The first kappa shape index (κ1) is 86.6. The Morgan fingerprint density at radius 1 is 0.438 bits per heavy atom. The number of ketones is 1. The standard InChI is InChI=1S/C30H31NO2.C28H27NO2.C24H23NO2.C14H11NO2.C8H5NO2.CH4.B.H2/c1-6-19-31-26-16-12-11-15-24(26)30(28(31)32,22-13-9-8-10-14-22)25-21-23(29(3,4)5)17-18-27(25)33-20-7-2;1-27(2,3)21-15-16-25-23(19-21)28(20-11-5-4-6-12-20)22-13-7-8-14-24(22)29(26(28)30)17-9-10-18-31-25;1-23(2,3)17-13-14-21(26)19(15-17)24(16-9-5-4-6-10-16)18-11-7-8-12-20(18)25-22(24)27;16-13-14(17,10-6-2-1-3-7-10)11-8-4-5-9-12(11)15-13;10-7-5-3-1-2-4-6(5)9-8(7)11;;;/h6-18,21H,1-2,19-20H2,3-5H3;4-16,19H,17-18H2,1-3H3;4-15,26H,1-3H3,(H,25,27);1-9,17H,(H,15,16);1-4H,(H,9,10,11);1H4;;1H/b;10-9-;;;;;;/i;;;;;;;1+1. The van der Waals surface area contributed by atoms with Gasteiger partial charge in [-0.15, -0.1) is 6.58 Å². The van der Waals surface area contributed by atoms with Crippen molar-refractivity contribution in [2.75, 3.05) is 52.1 Å². The molecule has 5 N–H and O–H groups in total. The summed E-state index contributed by atoms with van der Waals surface area (Å²) in [6, 6.07) is 95.0. The molecule has 4 unspecified atom stereocenters. The average Bonchev–Trinajstić information content (AvgIpc) is 1.54. The van der Waals surface area contributed by atoms with E-state index in [1.807, 2.05) is 210 Å². The number of nitrogens with one attached hydrogen (secondary N) is 3. The third kappa shape index (κ3) is 15.7. The summed E-state index contributed by atoms with van der Waals surface area (Å²) in [6.45, 7) is 29.0. The second-order valence-corrected chi connectivity index (χ2v) is 33.2. The number of anilines is 5. The Kier molecular flexibility index (Phi) is 25.1. The van der Waals surface area contributed by atoms with Gasteiger partial charge >= 0.3 is 0 Å². The van der Waals surface area contributed by atoms with Crippen molar-refractivity contribution in [1.82, 2.24) is 0 Å². The monoisotopic (exact) mass is 1610 g/mol. The number of aliphatic hydroxyl groups is 1. The number of benzene rings is 12. The minimum Gasteiger partial charge on any atom is -0.508 e. The molecule has 5 amide bonds. The fourth-order valence-electron chi connectivity index (χ4n) is 16.8. The summed E-state index contributed by atoms with van der Waals surface area (Å²) in [5.74, 6) is 0.127. The molecular weight excluding hydrogens is 1500 g/mol. The Morgan fingerprint density at radius 3 is 1.43 bits per heavy atom. The van der Waals surface area contributed by atoms with Gasteiger partial charge < -0.3 is 45.4 Å². The molecular formula is C105H103BN5O10. The zero-order valence-corrected chi connectivity index (χ0v) is 69.0. The van der Waals surface area contributed by atoms with Crippen LogP contribution in [0.5, 0.6) is 17.2 Å². The summed E-state index contributed by atoms with van der Waals surface area (Å²) in [5.41, 5.74) is 12.1. The first-order chi connectivity index (χ1) is 57.1. The molecule has 15 nitrogen and oxygen atoms in total. The lowest BCUT2D eigenvalue weighted by molar-refractivity contribution is -0.129. The molecule has 4 atom stereocenters. The van der Waals surface area contributed by atoms with Crippen molar-refractivity contribution in [3.8, 4) is 17.2 Å². The average molecular weight is 1610 g/mol. The number of Topliss-reactive ketones (excluding diaryl/α,β-unsaturated/α-hetero) is 1. The van der Waals surface area contributed by atoms with Crippen molar-refractivity contribution in [2.45, 2.75) is 108 Å². The van der Waals surface area contributed by atoms with Crippen LogP contribution in [0.3, 0.4) is 0 Å². The number of amides is 5. The zero-order chi connectivity index (χ0) is 84.2. The van der Waals surface area contributed by atoms with Crippen LogP contribution in [0.4, 0.5) is 28.4 Å². The molecule has 16 heteroatoms. The number of para-hydroxylation sites is 5. The number of phenols is 1. The Morgan fingerprint density at radius 2 is 0.876 bits per heavy atom. The van der Waals surface area contributed by atoms with Crippen LogP contribution in [-0.4, -0.2) is 80.2 Å². The first-order valence-corrected chi connectivity index (χ1v) is 40.0. The maximum Gasteiger partial charge on any atom is 0.296 e. The minimum atomic E-state index is -1.57. The van der Waals surface area contributed by atoms with Gasteiger partial charge in [0.15, 0.2) is 5.60 Å². The molecule has 6 aliphatic heterocycles. The molecule has 12 aromatic rings. The number of rotatable bonds is 11. The van der Waals surface area contributed by atoms with Crippen molar-refractivity contribution in [2.24, 2.45) is 0 Å². The quantitative estimate of drug-likeness (QED) is 0.0471. The molecule has 0 spiro atoms. The third-order valence-electron chi connectivity index (χ3n) is 22.8. The number of carbonyl (C=O) groups is 6. The maximum atomic E-state index is 14.5. The molecule has 0 saturated heterocycles. The lowest BCUT2D eigenvalue weighted by atomic mass is 9.68. The van der Waals surface area contributed by atoms with E-state index < -0.39 is 39.4 Å². The number of fused-ring (bicyclic) bond motifs is 11. The fourth-order valence-corrected chi connectivity index (χ4v) is 16.8. The molecule has 18 rings (SSSR count). The van der Waals surface area contributed by atoms with Gasteiger partial charge in [-0.25, -0.2) is 0 Å². The largest absolute Gasteiger partial charge is 0.508 e. The summed E-state index contributed by atoms with van der Waals surface area (Å²) in [4.78, 5) is 79.8. The van der Waals surface area contributed by atoms with E-state index in [-0.39, 0.29) is 57.0 Å². The smallest absolute Gasteiger partial charge is 0.296 e. The van der Waals surface area contributed by atoms with Crippen molar-refractivity contribution >= 4 is 72.2 Å². The third-order valence-corrected chi connectivity index (χ3v) is 22.8. The molecule has 611 valence electrons. The van der Waals surface area contributed by atoms with Gasteiger partial charge in [-0.3, -0.25) is 28.8 Å². The van der Waals surface area contributed by atoms with Crippen molar-refractivity contribution in [3.05, 3.63) is 418 Å². The molecule has 12 aromatic carbocycles. The number of phenolic OH excluding ortho intramolecular Hbond substituents is 1. The lowest BCUT2D eigenvalue weighted by Gasteiger charge is -2.33. The molecule has 2 bridgehead atoms. The van der Waals surface area contributed by atoms with Gasteiger partial charge in [-0.05, 0) is 134 Å². The Labute approximate surface area is 713 Å². The molecule has 6 heterocycles. The summed E-state index contributed by atoms with van der Waals surface area (Å²) in [5, 5.41) is 29.7. The molecule has 3 radical (unpaired) electrons. The van der Waals surface area contributed by atoms with E-state index >= 15 is 0 Å². The van der Waals surface area contributed by atoms with Gasteiger partial charge in [0.2, 0.25) is 17.7 Å². The number of hydrogen-bond donors (Lipinski definition) is 5. The van der Waals surface area contributed by atoms with Crippen LogP contribution >= 0.6 is 0 Å². The maximum absolute atomic E-state index is 14.5. The van der Waals surface area contributed by atoms with Crippen molar-refractivity contribution in [1.29, 1.82) is 0 Å². The van der Waals surface area contributed by atoms with E-state index in [1.54, 1.807) is 66.7 Å². The number of nitrogens with zero attached hydrogens (tertiary/aromatic N) is 2. The van der Waals surface area contributed by atoms with E-state index in [1.165, 1.54) is 5.56 Å². The Bertz CT molecular complexity index is 5940. The first-order valence-electron chi connectivity index (χ1n) is 40.0. The van der Waals surface area contributed by atoms with Crippen LogP contribution in [0.25, 0.3) is 0 Å². The van der Waals surface area contributed by atoms with Crippen molar-refractivity contribution in [3.63, 3.8) is 0 Å². The van der Waals surface area contributed by atoms with Crippen LogP contribution in [0, 0.1) is 0 Å². The number of ether oxygens (including phenoxy) is 2. The SMILES string of the molecule is C.C=CCOc1ccc(C(C)(C)C)cc1C1(c2ccccc2)C(=O)N(CC=C)c2ccccc21.CC(C)(C)c1ccc(O)c(C2(c3ccccc3)C(=O)Nc3ccccc32)c1.CC(C)(C)c1ccc2c(c1)C1(c3ccccc3)C(=O)N(C/C=C\CO2)c2ccccc21.O=C1Nc2ccccc2C1(O)c1ccccc1.O=C1Nc2ccccc2C1=O.[2HH].[B]. The van der Waals surface area contributed by atoms with Gasteiger partial charge in [-0.1, -0.05) is 319 Å². The Hall–Kier alpha value is -13.7. The highest BCUT2D eigenvalue weighted by molar-refractivity contribution is 6.51. The predicted molar refractivity (Wildman–Crippen MR) is 488 cm³/mol. The van der Waals surface area contributed by atoms with E-state index in [4.69, 9.17) is 9.47 Å². The van der Waals surface area contributed by atoms with Gasteiger partial charge in [0.05, 0.1) is 11.3 Å². The van der Waals surface area contributed by atoms with Crippen LogP contribution in [0.1, 0.15) is 159 Å². The number of hydrogen-bond acceptors (Lipinski definition) is 10. The minimum absolute atomic E-state index is 0.